The Morgan fingerprint density at radius 1 is 1.27 bits per heavy atom. The topological polar surface area (TPSA) is 0 Å². The molecule has 1 rings (SSSR count). The lowest BCUT2D eigenvalue weighted by Crippen LogP contribution is -1.76. The SMILES string of the molecule is CC(I)=C(F)c1ccccc1. The maximum Gasteiger partial charge on any atom is 0.139 e. The molecule has 0 amide bonds. The smallest absolute Gasteiger partial charge is 0.139 e. The minimum absolute atomic E-state index is 0.133. The first kappa shape index (κ1) is 8.71. The van der Waals surface area contributed by atoms with Gasteiger partial charge in [0.15, 0.2) is 0 Å². The third-order valence-electron chi connectivity index (χ3n) is 1.33. The number of hydrogen-bond donors (Lipinski definition) is 0. The van der Waals surface area contributed by atoms with Crippen molar-refractivity contribution in [3.63, 3.8) is 0 Å². The van der Waals surface area contributed by atoms with Gasteiger partial charge in [-0.3, -0.25) is 0 Å². The molecule has 0 fully saturated rings. The molecular formula is C9H8FI. The summed E-state index contributed by atoms with van der Waals surface area (Å²) in [5.74, 6) is -0.133. The van der Waals surface area contributed by atoms with Crippen LogP contribution in [0.5, 0.6) is 0 Å². The average Bonchev–Trinajstić information content (AvgIpc) is 2.05. The van der Waals surface area contributed by atoms with E-state index in [1.165, 1.54) is 0 Å². The van der Waals surface area contributed by atoms with Gasteiger partial charge in [-0.1, -0.05) is 30.3 Å². The minimum atomic E-state index is -0.133. The number of allylic oxidation sites excluding steroid dienone is 1. The Kier molecular flexibility index (Phi) is 3.05. The van der Waals surface area contributed by atoms with Crippen LogP contribution in [0.2, 0.25) is 0 Å². The Labute approximate surface area is 79.3 Å². The molecule has 0 aliphatic rings. The molecular weight excluding hydrogens is 254 g/mol. The molecule has 0 aromatic heterocycles. The lowest BCUT2D eigenvalue weighted by molar-refractivity contribution is 0.757. The molecule has 0 spiro atoms. The fourth-order valence-electron chi connectivity index (χ4n) is 0.783. The van der Waals surface area contributed by atoms with Gasteiger partial charge in [0.05, 0.1) is 0 Å². The normalized spacial score (nSPS) is 12.6. The monoisotopic (exact) mass is 262 g/mol. The molecule has 0 heterocycles. The fourth-order valence-corrected chi connectivity index (χ4v) is 1.09. The van der Waals surface area contributed by atoms with Crippen LogP contribution in [-0.4, -0.2) is 0 Å². The second kappa shape index (κ2) is 3.85. The van der Waals surface area contributed by atoms with E-state index >= 15 is 0 Å². The van der Waals surface area contributed by atoms with Crippen molar-refractivity contribution in [3.05, 3.63) is 39.5 Å². The number of rotatable bonds is 1. The third kappa shape index (κ3) is 2.29. The molecule has 0 nitrogen and oxygen atoms in total. The zero-order valence-electron chi connectivity index (χ0n) is 6.14. The standard InChI is InChI=1S/C9H8FI/c1-7(11)9(10)8-5-3-2-4-6-8/h2-6H,1H3. The number of hydrogen-bond acceptors (Lipinski definition) is 0. The Morgan fingerprint density at radius 2 is 1.82 bits per heavy atom. The van der Waals surface area contributed by atoms with Crippen LogP contribution in [0, 0.1) is 0 Å². The summed E-state index contributed by atoms with van der Waals surface area (Å²) in [6, 6.07) is 9.05. The van der Waals surface area contributed by atoms with Gasteiger partial charge in [0.2, 0.25) is 0 Å². The van der Waals surface area contributed by atoms with Crippen LogP contribution in [0.15, 0.2) is 33.9 Å². The Bertz CT molecular complexity index is 260. The van der Waals surface area contributed by atoms with E-state index in [4.69, 9.17) is 0 Å². The summed E-state index contributed by atoms with van der Waals surface area (Å²) in [6.07, 6.45) is 0. The van der Waals surface area contributed by atoms with E-state index in [9.17, 15) is 4.39 Å². The van der Waals surface area contributed by atoms with Crippen molar-refractivity contribution in [2.45, 2.75) is 6.92 Å². The van der Waals surface area contributed by atoms with Crippen LogP contribution in [0.25, 0.3) is 5.83 Å². The van der Waals surface area contributed by atoms with Crippen molar-refractivity contribution in [2.24, 2.45) is 0 Å². The van der Waals surface area contributed by atoms with Crippen molar-refractivity contribution >= 4 is 28.4 Å². The number of benzene rings is 1. The first-order chi connectivity index (χ1) is 5.22. The summed E-state index contributed by atoms with van der Waals surface area (Å²) in [5.41, 5.74) is 0.652. The van der Waals surface area contributed by atoms with Gasteiger partial charge in [0.25, 0.3) is 0 Å². The van der Waals surface area contributed by atoms with Crippen molar-refractivity contribution in [2.75, 3.05) is 0 Å². The van der Waals surface area contributed by atoms with Gasteiger partial charge in [0, 0.05) is 9.14 Å². The highest BCUT2D eigenvalue weighted by Crippen LogP contribution is 2.23. The molecule has 58 valence electrons. The second-order valence-electron chi connectivity index (χ2n) is 2.21. The zero-order chi connectivity index (χ0) is 8.27. The molecule has 0 atom stereocenters. The first-order valence-electron chi connectivity index (χ1n) is 3.29. The molecule has 0 aliphatic carbocycles. The maximum atomic E-state index is 13.1. The van der Waals surface area contributed by atoms with E-state index in [2.05, 4.69) is 0 Å². The van der Waals surface area contributed by atoms with Crippen molar-refractivity contribution in [3.8, 4) is 0 Å². The Morgan fingerprint density at radius 3 is 2.27 bits per heavy atom. The first-order valence-corrected chi connectivity index (χ1v) is 4.37. The van der Waals surface area contributed by atoms with Crippen molar-refractivity contribution < 1.29 is 4.39 Å². The van der Waals surface area contributed by atoms with Gasteiger partial charge < -0.3 is 0 Å². The quantitative estimate of drug-likeness (QED) is 0.675. The average molecular weight is 262 g/mol. The summed E-state index contributed by atoms with van der Waals surface area (Å²) in [4.78, 5) is 0. The predicted octanol–water partition coefficient (Wildman–Crippen LogP) is 3.78. The molecule has 11 heavy (non-hydrogen) atoms. The van der Waals surface area contributed by atoms with Crippen LogP contribution in [0.4, 0.5) is 4.39 Å². The molecule has 0 radical (unpaired) electrons. The predicted molar refractivity (Wildman–Crippen MR) is 54.2 cm³/mol. The van der Waals surface area contributed by atoms with Gasteiger partial charge in [-0.15, -0.1) is 0 Å². The number of halogens is 2. The highest BCUT2D eigenvalue weighted by molar-refractivity contribution is 14.1. The van der Waals surface area contributed by atoms with E-state index in [0.29, 0.717) is 9.14 Å². The van der Waals surface area contributed by atoms with Crippen LogP contribution < -0.4 is 0 Å². The van der Waals surface area contributed by atoms with E-state index in [1.807, 2.05) is 40.8 Å². The summed E-state index contributed by atoms with van der Waals surface area (Å²) in [5, 5.41) is 0. The van der Waals surface area contributed by atoms with Crippen molar-refractivity contribution in [1.82, 2.24) is 0 Å². The van der Waals surface area contributed by atoms with E-state index in [1.54, 1.807) is 19.1 Å². The van der Waals surface area contributed by atoms with Gasteiger partial charge in [-0.05, 0) is 29.5 Å². The van der Waals surface area contributed by atoms with Crippen LogP contribution in [0.3, 0.4) is 0 Å². The molecule has 0 bridgehead atoms. The molecule has 0 aliphatic heterocycles. The molecule has 0 saturated heterocycles. The Balaban J connectivity index is 3.04. The van der Waals surface area contributed by atoms with Gasteiger partial charge >= 0.3 is 0 Å². The summed E-state index contributed by atoms with van der Waals surface area (Å²) in [7, 11) is 0. The third-order valence-corrected chi connectivity index (χ3v) is 1.80. The highest BCUT2D eigenvalue weighted by atomic mass is 127. The molecule has 1 aromatic rings. The van der Waals surface area contributed by atoms with Crippen molar-refractivity contribution in [1.29, 1.82) is 0 Å². The molecule has 1 aromatic carbocycles. The fraction of sp³-hybridized carbons (Fsp3) is 0.111. The zero-order valence-corrected chi connectivity index (χ0v) is 8.30. The van der Waals surface area contributed by atoms with Gasteiger partial charge in [0.1, 0.15) is 5.83 Å². The second-order valence-corrected chi connectivity index (χ2v) is 3.83. The largest absolute Gasteiger partial charge is 0.206 e. The molecule has 0 unspecified atom stereocenters. The Hall–Kier alpha value is -0.380. The van der Waals surface area contributed by atoms with Crippen LogP contribution in [-0.2, 0) is 0 Å². The molecule has 2 heteroatoms. The van der Waals surface area contributed by atoms with E-state index < -0.39 is 0 Å². The van der Waals surface area contributed by atoms with Gasteiger partial charge in [-0.2, -0.15) is 0 Å². The lowest BCUT2D eigenvalue weighted by atomic mass is 10.2. The summed E-state index contributed by atoms with van der Waals surface area (Å²) < 4.78 is 13.8. The molecule has 0 N–H and O–H groups in total. The maximum absolute atomic E-state index is 13.1. The van der Waals surface area contributed by atoms with E-state index in [0.717, 1.165) is 0 Å². The molecule has 0 saturated carbocycles. The van der Waals surface area contributed by atoms with Gasteiger partial charge in [-0.25, -0.2) is 4.39 Å². The van der Waals surface area contributed by atoms with Crippen LogP contribution in [0.1, 0.15) is 12.5 Å². The lowest BCUT2D eigenvalue weighted by Gasteiger charge is -1.96. The van der Waals surface area contributed by atoms with Crippen LogP contribution >= 0.6 is 22.6 Å². The summed E-state index contributed by atoms with van der Waals surface area (Å²) in [6.45, 7) is 1.75. The highest BCUT2D eigenvalue weighted by Gasteiger charge is 2.00. The van der Waals surface area contributed by atoms with E-state index in [-0.39, 0.29) is 5.83 Å². The minimum Gasteiger partial charge on any atom is -0.206 e. The summed E-state index contributed by atoms with van der Waals surface area (Å²) >= 11 is 1.98.